The molecule has 3 aromatic rings. The van der Waals surface area contributed by atoms with Crippen molar-refractivity contribution in [2.24, 2.45) is 0 Å². The number of hydrogen-bond donors (Lipinski definition) is 1. The summed E-state index contributed by atoms with van der Waals surface area (Å²) < 4.78 is 12.4. The quantitative estimate of drug-likeness (QED) is 0.752. The van der Waals surface area contributed by atoms with E-state index in [1.54, 1.807) is 6.07 Å². The smallest absolute Gasteiger partial charge is 0.256 e. The molecule has 1 atom stereocenters. The second-order valence-electron chi connectivity index (χ2n) is 4.97. The Hall–Kier alpha value is -2.24. The number of hydrogen-bond acceptors (Lipinski definition) is 3. The molecule has 0 saturated heterocycles. The highest BCUT2D eigenvalue weighted by Crippen LogP contribution is 2.17. The fourth-order valence-electron chi connectivity index (χ4n) is 2.14. The van der Waals surface area contributed by atoms with Gasteiger partial charge in [-0.25, -0.2) is 0 Å². The molecular weight excluding hydrogens is 326 g/mol. The Morgan fingerprint density at radius 2 is 1.87 bits per heavy atom. The highest BCUT2D eigenvalue weighted by Gasteiger charge is 2.08. The van der Waals surface area contributed by atoms with Crippen LogP contribution in [0.25, 0.3) is 0 Å². The SMILES string of the molecule is O=C(Nc1cccc(C[S@](=O)c2ccccc2)c1)c1ccsc1. The minimum Gasteiger partial charge on any atom is -0.322 e. The first-order valence-corrected chi connectivity index (χ1v) is 9.34. The first-order valence-electron chi connectivity index (χ1n) is 7.08. The Labute approximate surface area is 141 Å². The Balaban J connectivity index is 1.70. The molecule has 1 N–H and O–H groups in total. The number of rotatable bonds is 5. The Kier molecular flexibility index (Phi) is 5.00. The number of amides is 1. The van der Waals surface area contributed by atoms with Gasteiger partial charge in [-0.15, -0.1) is 0 Å². The van der Waals surface area contributed by atoms with Crippen LogP contribution < -0.4 is 5.32 Å². The van der Waals surface area contributed by atoms with Gasteiger partial charge in [-0.1, -0.05) is 30.3 Å². The predicted molar refractivity (Wildman–Crippen MR) is 95.3 cm³/mol. The van der Waals surface area contributed by atoms with Gasteiger partial charge in [0.2, 0.25) is 0 Å². The summed E-state index contributed by atoms with van der Waals surface area (Å²) in [7, 11) is -1.10. The molecule has 23 heavy (non-hydrogen) atoms. The molecule has 0 aliphatic rings. The van der Waals surface area contributed by atoms with Crippen LogP contribution in [0.2, 0.25) is 0 Å². The lowest BCUT2D eigenvalue weighted by atomic mass is 10.2. The Morgan fingerprint density at radius 1 is 1.04 bits per heavy atom. The van der Waals surface area contributed by atoms with E-state index >= 15 is 0 Å². The van der Waals surface area contributed by atoms with Gasteiger partial charge >= 0.3 is 0 Å². The third-order valence-corrected chi connectivity index (χ3v) is 5.35. The molecule has 3 rings (SSSR count). The van der Waals surface area contributed by atoms with Crippen LogP contribution in [0.15, 0.2) is 76.3 Å². The van der Waals surface area contributed by atoms with Crippen LogP contribution in [-0.2, 0) is 16.6 Å². The van der Waals surface area contributed by atoms with Crippen molar-refractivity contribution in [1.82, 2.24) is 0 Å². The molecule has 1 amide bonds. The van der Waals surface area contributed by atoms with E-state index in [0.717, 1.165) is 10.5 Å². The van der Waals surface area contributed by atoms with Gasteiger partial charge in [-0.3, -0.25) is 9.00 Å². The van der Waals surface area contributed by atoms with E-state index in [4.69, 9.17) is 0 Å². The molecule has 0 bridgehead atoms. The zero-order chi connectivity index (χ0) is 16.1. The van der Waals surface area contributed by atoms with E-state index in [0.29, 0.717) is 17.0 Å². The highest BCUT2D eigenvalue weighted by molar-refractivity contribution is 7.84. The molecule has 2 aromatic carbocycles. The number of benzene rings is 2. The maximum Gasteiger partial charge on any atom is 0.256 e. The molecule has 0 spiro atoms. The monoisotopic (exact) mass is 341 g/mol. The topological polar surface area (TPSA) is 46.2 Å². The number of nitrogens with one attached hydrogen (secondary N) is 1. The Morgan fingerprint density at radius 3 is 2.61 bits per heavy atom. The van der Waals surface area contributed by atoms with E-state index in [-0.39, 0.29) is 5.91 Å². The fourth-order valence-corrected chi connectivity index (χ4v) is 3.89. The minimum atomic E-state index is -1.10. The lowest BCUT2D eigenvalue weighted by Crippen LogP contribution is -2.11. The number of anilines is 1. The standard InChI is InChI=1S/C18H15NO2S2/c20-18(15-9-10-22-12-15)19-16-6-4-5-14(11-16)13-23(21)17-7-2-1-3-8-17/h1-12H,13H2,(H,19,20)/t23-/m0/s1. The average Bonchev–Trinajstić information content (AvgIpc) is 3.10. The Bertz CT molecular complexity index is 814. The van der Waals surface area contributed by atoms with Crippen LogP contribution in [-0.4, -0.2) is 10.1 Å². The first-order chi connectivity index (χ1) is 11.2. The molecule has 0 saturated carbocycles. The minimum absolute atomic E-state index is 0.132. The number of thiophene rings is 1. The summed E-state index contributed by atoms with van der Waals surface area (Å²) in [5.74, 6) is 0.291. The number of carbonyl (C=O) groups is 1. The molecule has 0 unspecified atom stereocenters. The maximum atomic E-state index is 12.4. The van der Waals surface area contributed by atoms with Crippen molar-refractivity contribution in [2.45, 2.75) is 10.6 Å². The van der Waals surface area contributed by atoms with Crippen LogP contribution in [0.5, 0.6) is 0 Å². The normalized spacial score (nSPS) is 11.8. The van der Waals surface area contributed by atoms with Crippen molar-refractivity contribution >= 4 is 33.7 Å². The van der Waals surface area contributed by atoms with Crippen LogP contribution in [0.1, 0.15) is 15.9 Å². The molecule has 116 valence electrons. The largest absolute Gasteiger partial charge is 0.322 e. The maximum absolute atomic E-state index is 12.4. The van der Waals surface area contributed by atoms with Crippen molar-refractivity contribution in [2.75, 3.05) is 5.32 Å². The van der Waals surface area contributed by atoms with Gasteiger partial charge in [0.05, 0.1) is 22.1 Å². The molecule has 0 aliphatic carbocycles. The summed E-state index contributed by atoms with van der Waals surface area (Å²) in [6.45, 7) is 0. The zero-order valence-corrected chi connectivity index (χ0v) is 13.9. The number of carbonyl (C=O) groups excluding carboxylic acids is 1. The molecule has 0 aliphatic heterocycles. The highest BCUT2D eigenvalue weighted by atomic mass is 32.2. The molecule has 1 aromatic heterocycles. The van der Waals surface area contributed by atoms with Crippen molar-refractivity contribution in [3.05, 3.63) is 82.6 Å². The van der Waals surface area contributed by atoms with Crippen LogP contribution >= 0.6 is 11.3 Å². The molecule has 3 nitrogen and oxygen atoms in total. The van der Waals surface area contributed by atoms with Gasteiger partial charge in [-0.2, -0.15) is 11.3 Å². The lowest BCUT2D eigenvalue weighted by molar-refractivity contribution is 0.102. The van der Waals surface area contributed by atoms with Crippen molar-refractivity contribution in [3.63, 3.8) is 0 Å². The first kappa shape index (κ1) is 15.6. The van der Waals surface area contributed by atoms with Gasteiger partial charge in [0, 0.05) is 16.0 Å². The van der Waals surface area contributed by atoms with Crippen molar-refractivity contribution < 1.29 is 9.00 Å². The van der Waals surface area contributed by atoms with E-state index in [2.05, 4.69) is 5.32 Å². The van der Waals surface area contributed by atoms with Gasteiger partial charge in [0.15, 0.2) is 0 Å². The third-order valence-electron chi connectivity index (χ3n) is 3.27. The summed E-state index contributed by atoms with van der Waals surface area (Å²) in [5.41, 5.74) is 2.28. The van der Waals surface area contributed by atoms with Gasteiger partial charge in [0.1, 0.15) is 0 Å². The molecular formula is C18H15NO2S2. The van der Waals surface area contributed by atoms with Gasteiger partial charge in [0.25, 0.3) is 5.91 Å². The summed E-state index contributed by atoms with van der Waals surface area (Å²) in [6.07, 6.45) is 0. The lowest BCUT2D eigenvalue weighted by Gasteiger charge is -2.07. The van der Waals surface area contributed by atoms with E-state index in [1.165, 1.54) is 11.3 Å². The zero-order valence-electron chi connectivity index (χ0n) is 12.3. The van der Waals surface area contributed by atoms with E-state index in [1.807, 2.05) is 65.4 Å². The average molecular weight is 341 g/mol. The molecule has 5 heteroatoms. The van der Waals surface area contributed by atoms with E-state index in [9.17, 15) is 9.00 Å². The molecule has 0 radical (unpaired) electrons. The summed E-state index contributed by atoms with van der Waals surface area (Å²) in [6, 6.07) is 18.6. The van der Waals surface area contributed by atoms with Gasteiger partial charge < -0.3 is 5.32 Å². The summed E-state index contributed by atoms with van der Waals surface area (Å²) >= 11 is 1.49. The second kappa shape index (κ2) is 7.35. The fraction of sp³-hybridized carbons (Fsp3) is 0.0556. The van der Waals surface area contributed by atoms with E-state index < -0.39 is 10.8 Å². The van der Waals surface area contributed by atoms with Crippen molar-refractivity contribution in [1.29, 1.82) is 0 Å². The molecule has 0 fully saturated rings. The summed E-state index contributed by atoms with van der Waals surface area (Å²) in [4.78, 5) is 12.9. The van der Waals surface area contributed by atoms with Crippen molar-refractivity contribution in [3.8, 4) is 0 Å². The van der Waals surface area contributed by atoms with Crippen LogP contribution in [0.3, 0.4) is 0 Å². The predicted octanol–water partition coefficient (Wildman–Crippen LogP) is 4.31. The summed E-state index contributed by atoms with van der Waals surface area (Å²) in [5, 5.41) is 6.55. The second-order valence-corrected chi connectivity index (χ2v) is 7.20. The van der Waals surface area contributed by atoms with Gasteiger partial charge in [-0.05, 0) is 41.3 Å². The molecule has 1 heterocycles. The third kappa shape index (κ3) is 4.15. The van der Waals surface area contributed by atoms with Crippen LogP contribution in [0.4, 0.5) is 5.69 Å². The van der Waals surface area contributed by atoms with Crippen LogP contribution in [0, 0.1) is 0 Å².